The Labute approximate surface area is 132 Å². The lowest BCUT2D eigenvalue weighted by Crippen LogP contribution is -2.56. The zero-order valence-electron chi connectivity index (χ0n) is 10.0. The standard InChI is InChI=1S/C7Cl2F13NO/c8-5(16,17)4(15,6(9,18)19)24-23-1(10)2(11,12)3(13,14)7(20,21)22/b23-1-. The molecule has 0 saturated heterocycles. The second-order valence-electron chi connectivity index (χ2n) is 3.71. The van der Waals surface area contributed by atoms with Gasteiger partial charge >= 0.3 is 40.6 Å². The normalized spacial score (nSPS) is 16.4. The summed E-state index contributed by atoms with van der Waals surface area (Å²) in [5, 5.41) is -11.0. The van der Waals surface area contributed by atoms with Crippen LogP contribution in [0.25, 0.3) is 0 Å². The maximum absolute atomic E-state index is 13.2. The largest absolute Gasteiger partial charge is 0.460 e. The van der Waals surface area contributed by atoms with Gasteiger partial charge < -0.3 is 4.84 Å². The zero-order valence-corrected chi connectivity index (χ0v) is 11.5. The second kappa shape index (κ2) is 6.14. The third kappa shape index (κ3) is 3.86. The van der Waals surface area contributed by atoms with Gasteiger partial charge in [-0.15, -0.1) is 0 Å². The van der Waals surface area contributed by atoms with E-state index >= 15 is 0 Å². The Kier molecular flexibility index (Phi) is 5.92. The maximum Gasteiger partial charge on any atom is 0.460 e. The summed E-state index contributed by atoms with van der Waals surface area (Å²) >= 11 is 7.56. The summed E-state index contributed by atoms with van der Waals surface area (Å²) in [6.07, 6.45) is -7.09. The van der Waals surface area contributed by atoms with Crippen LogP contribution in [0.5, 0.6) is 0 Å². The number of hydrogen-bond donors (Lipinski definition) is 0. The molecule has 0 amide bonds. The van der Waals surface area contributed by atoms with E-state index in [1.54, 1.807) is 0 Å². The van der Waals surface area contributed by atoms with E-state index in [0.29, 0.717) is 0 Å². The van der Waals surface area contributed by atoms with Crippen molar-refractivity contribution >= 4 is 29.2 Å². The van der Waals surface area contributed by atoms with Crippen LogP contribution in [-0.4, -0.2) is 40.6 Å². The quantitative estimate of drug-likeness (QED) is 0.237. The van der Waals surface area contributed by atoms with Gasteiger partial charge in [-0.3, -0.25) is 0 Å². The van der Waals surface area contributed by atoms with Gasteiger partial charge in [0.05, 0.1) is 0 Å². The van der Waals surface area contributed by atoms with Gasteiger partial charge in [0.15, 0.2) is 0 Å². The molecule has 0 rings (SSSR count). The van der Waals surface area contributed by atoms with E-state index in [-0.39, 0.29) is 0 Å². The van der Waals surface area contributed by atoms with Crippen LogP contribution in [0.15, 0.2) is 5.16 Å². The number of oxime groups is 1. The molecule has 0 fully saturated rings. The molecule has 0 bridgehead atoms. The molecular formula is C7Cl2F13NO. The summed E-state index contributed by atoms with van der Waals surface area (Å²) in [6, 6.07) is 0. The summed E-state index contributed by atoms with van der Waals surface area (Å²) in [5.41, 5.74) is 0. The summed E-state index contributed by atoms with van der Waals surface area (Å²) < 4.78 is 161. The molecule has 24 heavy (non-hydrogen) atoms. The van der Waals surface area contributed by atoms with E-state index in [4.69, 9.17) is 0 Å². The van der Waals surface area contributed by atoms with Crippen LogP contribution in [0.1, 0.15) is 0 Å². The highest BCUT2D eigenvalue weighted by molar-refractivity contribution is 6.26. The van der Waals surface area contributed by atoms with E-state index in [9.17, 15) is 57.1 Å². The van der Waals surface area contributed by atoms with Crippen molar-refractivity contribution in [2.45, 2.75) is 34.6 Å². The number of hydrogen-bond acceptors (Lipinski definition) is 2. The minimum atomic E-state index is -7.19. The SMILES string of the molecule is F/C(=N\OC(F)(C(F)(F)Cl)C(F)(F)Cl)C(F)(F)C(F)(F)C(F)(F)F. The predicted octanol–water partition coefficient (Wildman–Crippen LogP) is 5.45. The third-order valence-corrected chi connectivity index (χ3v) is 2.48. The Hall–Kier alpha value is -0.860. The fraction of sp³-hybridized carbons (Fsp3) is 0.857. The lowest BCUT2D eigenvalue weighted by Gasteiger charge is -2.30. The smallest absolute Gasteiger partial charge is 0.336 e. The van der Waals surface area contributed by atoms with E-state index in [1.807, 2.05) is 0 Å². The van der Waals surface area contributed by atoms with E-state index < -0.39 is 40.6 Å². The monoisotopic (exact) mass is 431 g/mol. The van der Waals surface area contributed by atoms with Gasteiger partial charge in [0.2, 0.25) is 0 Å². The molecule has 0 aliphatic rings. The first-order valence-corrected chi connectivity index (χ1v) is 5.45. The molecule has 17 heteroatoms. The minimum Gasteiger partial charge on any atom is -0.336 e. The van der Waals surface area contributed by atoms with Gasteiger partial charge in [0.1, 0.15) is 0 Å². The number of nitrogens with zero attached hydrogens (tertiary/aromatic N) is 1. The Morgan fingerprint density at radius 2 is 1.04 bits per heavy atom. The molecule has 2 nitrogen and oxygen atoms in total. The van der Waals surface area contributed by atoms with E-state index in [2.05, 4.69) is 28.0 Å². The van der Waals surface area contributed by atoms with Crippen molar-refractivity contribution in [3.63, 3.8) is 0 Å². The van der Waals surface area contributed by atoms with Gasteiger partial charge in [-0.2, -0.15) is 57.1 Å². The first-order chi connectivity index (χ1) is 10.1. The predicted molar refractivity (Wildman–Crippen MR) is 51.0 cm³/mol. The van der Waals surface area contributed by atoms with Crippen LogP contribution >= 0.6 is 23.2 Å². The lowest BCUT2D eigenvalue weighted by molar-refractivity contribution is -0.340. The number of halogens is 15. The Bertz CT molecular complexity index is 476. The average molecular weight is 432 g/mol. The molecule has 0 aromatic rings. The minimum absolute atomic E-state index is 0.797. The highest BCUT2D eigenvalue weighted by Crippen LogP contribution is 2.51. The highest BCUT2D eigenvalue weighted by Gasteiger charge is 2.77. The molecule has 0 N–H and O–H groups in total. The highest BCUT2D eigenvalue weighted by atomic mass is 35.5. The molecule has 0 aromatic heterocycles. The van der Waals surface area contributed by atoms with Crippen molar-refractivity contribution in [3.05, 3.63) is 0 Å². The van der Waals surface area contributed by atoms with Crippen molar-refractivity contribution in [2.24, 2.45) is 5.16 Å². The molecular weight excluding hydrogens is 432 g/mol. The Morgan fingerprint density at radius 3 is 1.29 bits per heavy atom. The fourth-order valence-corrected chi connectivity index (χ4v) is 1.09. The zero-order chi connectivity index (χ0) is 20.0. The van der Waals surface area contributed by atoms with Crippen molar-refractivity contribution in [1.29, 1.82) is 0 Å². The van der Waals surface area contributed by atoms with Crippen LogP contribution in [0.2, 0.25) is 0 Å². The molecule has 144 valence electrons. The van der Waals surface area contributed by atoms with Crippen LogP contribution in [0, 0.1) is 0 Å². The maximum atomic E-state index is 13.2. The topological polar surface area (TPSA) is 21.6 Å². The van der Waals surface area contributed by atoms with Crippen molar-refractivity contribution in [3.8, 4) is 0 Å². The van der Waals surface area contributed by atoms with Crippen LogP contribution in [0.3, 0.4) is 0 Å². The van der Waals surface area contributed by atoms with Crippen LogP contribution in [0.4, 0.5) is 57.1 Å². The van der Waals surface area contributed by atoms with Crippen LogP contribution < -0.4 is 0 Å². The molecule has 0 unspecified atom stereocenters. The number of rotatable bonds is 6. The molecule has 0 aromatic carbocycles. The molecule has 0 heterocycles. The first-order valence-electron chi connectivity index (χ1n) is 4.70. The van der Waals surface area contributed by atoms with Gasteiger partial charge in [-0.05, 0) is 28.4 Å². The summed E-state index contributed by atoms with van der Waals surface area (Å²) in [4.78, 5) is 2.32. The van der Waals surface area contributed by atoms with Gasteiger partial charge in [0, 0.05) is 0 Å². The molecule has 0 atom stereocenters. The van der Waals surface area contributed by atoms with Crippen molar-refractivity contribution in [1.82, 2.24) is 0 Å². The van der Waals surface area contributed by atoms with Crippen molar-refractivity contribution < 1.29 is 61.9 Å². The van der Waals surface area contributed by atoms with Gasteiger partial charge in [-0.1, -0.05) is 0 Å². The fourth-order valence-electron chi connectivity index (χ4n) is 0.732. The molecule has 0 aliphatic heterocycles. The molecule has 0 spiro atoms. The average Bonchev–Trinajstić information content (AvgIpc) is 2.30. The molecule has 0 radical (unpaired) electrons. The summed E-state index contributed by atoms with van der Waals surface area (Å²) in [6.45, 7) is 0. The summed E-state index contributed by atoms with van der Waals surface area (Å²) in [7, 11) is 0. The van der Waals surface area contributed by atoms with E-state index in [0.717, 1.165) is 5.16 Å². The lowest BCUT2D eigenvalue weighted by atomic mass is 10.1. The van der Waals surface area contributed by atoms with E-state index in [1.165, 1.54) is 0 Å². The first kappa shape index (κ1) is 23.1. The van der Waals surface area contributed by atoms with Crippen LogP contribution in [-0.2, 0) is 4.84 Å². The summed E-state index contributed by atoms with van der Waals surface area (Å²) in [5.74, 6) is -24.5. The van der Waals surface area contributed by atoms with Crippen molar-refractivity contribution in [2.75, 3.05) is 0 Å². The number of alkyl halides is 14. The Balaban J connectivity index is 5.87. The Morgan fingerprint density at radius 1 is 0.708 bits per heavy atom. The molecule has 0 saturated carbocycles. The van der Waals surface area contributed by atoms with Gasteiger partial charge in [0.25, 0.3) is 0 Å². The second-order valence-corrected chi connectivity index (χ2v) is 4.66. The van der Waals surface area contributed by atoms with Gasteiger partial charge in [-0.25, -0.2) is 0 Å². The molecule has 0 aliphatic carbocycles. The third-order valence-electron chi connectivity index (χ3n) is 1.99.